The van der Waals surface area contributed by atoms with Crippen molar-refractivity contribution in [2.75, 3.05) is 138 Å². The highest BCUT2D eigenvalue weighted by molar-refractivity contribution is 5.94. The summed E-state index contributed by atoms with van der Waals surface area (Å²) in [6.07, 6.45) is 27.0. The molecule has 12 N–H and O–H groups in total. The van der Waals surface area contributed by atoms with Crippen LogP contribution in [0.25, 0.3) is 0 Å². The minimum Gasteiger partial charge on any atom is -0.481 e. The van der Waals surface area contributed by atoms with Crippen LogP contribution >= 0.6 is 0 Å². The third-order valence-corrected chi connectivity index (χ3v) is 20.4. The summed E-state index contributed by atoms with van der Waals surface area (Å²) in [5.41, 5.74) is 0.725. The first kappa shape index (κ1) is 114. The number of hydrogen-bond acceptors (Lipinski definition) is 25. The van der Waals surface area contributed by atoms with E-state index in [1.54, 1.807) is 6.20 Å². The highest BCUT2D eigenvalue weighted by atomic mass is 16.5. The molecular formula is C88H149N9O28. The second-order valence-corrected chi connectivity index (χ2v) is 31.4. The maximum Gasteiger partial charge on any atom is 0.326 e. The Morgan fingerprint density at radius 1 is 0.328 bits per heavy atom. The highest BCUT2D eigenvalue weighted by Gasteiger charge is 2.30. The zero-order chi connectivity index (χ0) is 92.0. The second-order valence-electron chi connectivity index (χ2n) is 31.4. The van der Waals surface area contributed by atoms with Gasteiger partial charge in [-0.2, -0.15) is 0 Å². The normalized spacial score (nSPS) is 12.4. The number of unbranched alkanes of at least 4 members (excludes halogenated alkanes) is 20. The predicted octanol–water partition coefficient (Wildman–Crippen LogP) is 7.31. The maximum atomic E-state index is 14.1. The Kier molecular flexibility index (Phi) is 72.2. The van der Waals surface area contributed by atoms with Gasteiger partial charge in [-0.3, -0.25) is 71.9 Å². The number of aromatic nitrogens is 2. The van der Waals surface area contributed by atoms with E-state index in [2.05, 4.69) is 47.2 Å². The molecule has 0 aliphatic rings. The van der Waals surface area contributed by atoms with E-state index in [0.717, 1.165) is 134 Å². The summed E-state index contributed by atoms with van der Waals surface area (Å²) in [5.74, 6) is -11.0. The molecule has 0 radical (unpaired) electrons. The molecule has 5 atom stereocenters. The van der Waals surface area contributed by atoms with Gasteiger partial charge in [0.2, 0.25) is 41.4 Å². The Bertz CT molecular complexity index is 3180. The van der Waals surface area contributed by atoms with Gasteiger partial charge in [0.25, 0.3) is 0 Å². The van der Waals surface area contributed by atoms with Gasteiger partial charge >= 0.3 is 23.9 Å². The third-order valence-electron chi connectivity index (χ3n) is 20.4. The molecule has 1 heterocycles. The molecule has 0 bridgehead atoms. The average Bonchev–Trinajstić information content (AvgIpc) is 0.926. The molecule has 0 aliphatic carbocycles. The number of amides is 7. The van der Waals surface area contributed by atoms with Gasteiger partial charge in [0, 0.05) is 134 Å². The number of imidazole rings is 1. The summed E-state index contributed by atoms with van der Waals surface area (Å²) < 4.78 is 43.2. The lowest BCUT2D eigenvalue weighted by molar-refractivity contribution is -0.145. The number of carbonyl (C=O) groups is 16. The molecule has 1 aromatic rings. The van der Waals surface area contributed by atoms with Gasteiger partial charge in [-0.15, -0.1) is 0 Å². The fourth-order valence-electron chi connectivity index (χ4n) is 13.1. The molecule has 1 unspecified atom stereocenters. The van der Waals surface area contributed by atoms with Crippen molar-refractivity contribution < 1.29 is 135 Å². The summed E-state index contributed by atoms with van der Waals surface area (Å²) in [4.78, 5) is 205. The van der Waals surface area contributed by atoms with Crippen molar-refractivity contribution in [1.29, 1.82) is 0 Å². The molecule has 714 valence electrons. The molecule has 1 rings (SSSR count). The van der Waals surface area contributed by atoms with E-state index in [9.17, 15) is 86.9 Å². The zero-order valence-electron chi connectivity index (χ0n) is 74.4. The molecule has 0 fully saturated rings. The van der Waals surface area contributed by atoms with Crippen LogP contribution in [0.1, 0.15) is 276 Å². The Balaban J connectivity index is 2.37. The van der Waals surface area contributed by atoms with Crippen LogP contribution in [-0.4, -0.2) is 275 Å². The molecule has 0 aliphatic heterocycles. The number of carboxylic acid groups (broad SMARTS) is 4. The molecule has 0 spiro atoms. The number of carbonyl (C=O) groups excluding carboxylic acids is 12. The Labute approximate surface area is 736 Å². The van der Waals surface area contributed by atoms with E-state index in [-0.39, 0.29) is 224 Å². The number of aromatic amines is 1. The number of hydrogen-bond donors (Lipinski definition) is 12. The number of aryl methyl sites for hydroxylation is 1. The van der Waals surface area contributed by atoms with Crippen molar-refractivity contribution in [2.45, 2.75) is 289 Å². The van der Waals surface area contributed by atoms with Crippen LogP contribution in [0.5, 0.6) is 0 Å². The van der Waals surface area contributed by atoms with E-state index >= 15 is 0 Å². The second kappa shape index (κ2) is 78.9. The van der Waals surface area contributed by atoms with Crippen LogP contribution < -0.4 is 37.2 Å². The van der Waals surface area contributed by atoms with E-state index < -0.39 is 95.5 Å². The number of ether oxygens (including phenoxy) is 8. The van der Waals surface area contributed by atoms with Gasteiger partial charge in [0.05, 0.1) is 91.0 Å². The van der Waals surface area contributed by atoms with Gasteiger partial charge in [-0.25, -0.2) is 9.78 Å². The van der Waals surface area contributed by atoms with Crippen LogP contribution in [0.4, 0.5) is 0 Å². The van der Waals surface area contributed by atoms with Gasteiger partial charge in [0.15, 0.2) is 11.6 Å². The van der Waals surface area contributed by atoms with E-state index in [1.807, 2.05) is 0 Å². The first-order valence-corrected chi connectivity index (χ1v) is 45.3. The van der Waals surface area contributed by atoms with Crippen molar-refractivity contribution in [2.24, 2.45) is 17.8 Å². The van der Waals surface area contributed by atoms with Gasteiger partial charge in [-0.1, -0.05) is 116 Å². The Morgan fingerprint density at radius 2 is 0.728 bits per heavy atom. The summed E-state index contributed by atoms with van der Waals surface area (Å²) in [6, 6.07) is -2.35. The van der Waals surface area contributed by atoms with E-state index in [0.29, 0.717) is 77.5 Å². The molecular weight excluding hydrogens is 1630 g/mol. The fourth-order valence-corrected chi connectivity index (χ4v) is 13.1. The standard InChI is InChI=1S/C88H149N9O28/c1-67(96-81(106)39-36-72-61-89-66-95-72)76(101)60-70(29-24-26-42-90-79(104)38-35-71(87(114)115)58-74(100)62-122-54-51-120-48-44-93-83(108)64-124-56-52-119-47-43-92-78(103)32-20-16-12-8-4-6-10-14-18-22-34-86(112)113)77(102)59-69(68(2)98)28-23-25-41-91-80(105)40-37-75(88(116)117)97-84(109)65-125-57-53-121-49-45-94-82(107)63-123-55-50-118-46-27-31-73(99)30-19-15-11-7-3-5-9-13-17-21-33-85(110)111/h61,66-67,69-71,75H,3-60,62-65H2,1-2H3,(H,89,95)(H,90,104)(H,91,105)(H,92,103)(H,93,108)(H,94,107)(H,96,106)(H,97,109)(H,110,111)(H,112,113)(H,114,115)(H,116,117)/t67-,69+,70+,71+,75?/m0/s1. The topological polar surface area (TPSA) is 541 Å². The number of Topliss-reactive ketones (excluding diaryl/α,β-unsaturated/α-hetero) is 5. The number of carboxylic acids is 4. The summed E-state index contributed by atoms with van der Waals surface area (Å²) in [6.45, 7) is 4.70. The Morgan fingerprint density at radius 3 is 1.19 bits per heavy atom. The molecule has 125 heavy (non-hydrogen) atoms. The average molecular weight is 1780 g/mol. The zero-order valence-corrected chi connectivity index (χ0v) is 74.4. The summed E-state index contributed by atoms with van der Waals surface area (Å²) >= 11 is 0. The molecule has 0 saturated heterocycles. The number of nitrogens with one attached hydrogen (secondary N) is 8. The molecule has 0 saturated carbocycles. The lowest BCUT2D eigenvalue weighted by atomic mass is 9.83. The monoisotopic (exact) mass is 1780 g/mol. The van der Waals surface area contributed by atoms with Crippen LogP contribution in [0.15, 0.2) is 12.5 Å². The smallest absolute Gasteiger partial charge is 0.326 e. The van der Waals surface area contributed by atoms with E-state index in [1.165, 1.54) is 20.2 Å². The highest BCUT2D eigenvalue weighted by Crippen LogP contribution is 2.24. The minimum absolute atomic E-state index is 0.0138. The quantitative estimate of drug-likeness (QED) is 0.0284. The van der Waals surface area contributed by atoms with Crippen LogP contribution in [0.2, 0.25) is 0 Å². The molecule has 7 amide bonds. The molecule has 37 heteroatoms. The summed E-state index contributed by atoms with van der Waals surface area (Å²) in [5, 5.41) is 55.6. The largest absolute Gasteiger partial charge is 0.481 e. The maximum absolute atomic E-state index is 14.1. The Hall–Kier alpha value is -8.59. The predicted molar refractivity (Wildman–Crippen MR) is 460 cm³/mol. The van der Waals surface area contributed by atoms with Crippen LogP contribution in [0, 0.1) is 17.8 Å². The first-order valence-electron chi connectivity index (χ1n) is 45.3. The van der Waals surface area contributed by atoms with Crippen molar-refractivity contribution in [3.63, 3.8) is 0 Å². The molecule has 1 aromatic heterocycles. The van der Waals surface area contributed by atoms with Gasteiger partial charge in [-0.05, 0) is 90.9 Å². The SMILES string of the molecule is CC(=O)[C@H](CCCCNC(=O)CCC(NC(=O)COCCOCCNC(=O)COCCOCCCC(=O)CCCCCCCCCCCCC(=O)O)C(=O)O)CC(=O)[C@H](CCCCNC(=O)CC[C@H](CC(=O)COCCOCCNC(=O)COCCOCCNC(=O)CCCCCCCCCCCCC(=O)O)C(=O)O)CC(=O)[C@H](C)NC(=O)CCc1cnc[nH]1. The van der Waals surface area contributed by atoms with Gasteiger partial charge in [0.1, 0.15) is 49.8 Å². The third kappa shape index (κ3) is 72.2. The fraction of sp³-hybridized carbons (Fsp3) is 0.784. The van der Waals surface area contributed by atoms with Crippen molar-refractivity contribution >= 4 is 94.1 Å². The van der Waals surface area contributed by atoms with Crippen LogP contribution in [0.3, 0.4) is 0 Å². The molecule has 37 nitrogen and oxygen atoms in total. The lowest BCUT2D eigenvalue weighted by Gasteiger charge is -2.21. The van der Waals surface area contributed by atoms with Crippen molar-refractivity contribution in [1.82, 2.24) is 47.2 Å². The first-order chi connectivity index (χ1) is 60.2. The minimum atomic E-state index is -1.40. The number of nitrogens with zero attached hydrogens (tertiary/aromatic N) is 1. The number of H-pyrrole nitrogens is 1. The lowest BCUT2D eigenvalue weighted by Crippen LogP contribution is -2.43. The van der Waals surface area contributed by atoms with Gasteiger partial charge < -0.3 is 101 Å². The molecule has 0 aromatic carbocycles. The van der Waals surface area contributed by atoms with Crippen molar-refractivity contribution in [3.05, 3.63) is 18.2 Å². The van der Waals surface area contributed by atoms with Crippen molar-refractivity contribution in [3.8, 4) is 0 Å². The number of aliphatic carboxylic acids is 4. The summed E-state index contributed by atoms with van der Waals surface area (Å²) in [7, 11) is 0. The van der Waals surface area contributed by atoms with E-state index in [4.69, 9.17) is 48.1 Å². The van der Waals surface area contributed by atoms with Crippen LogP contribution in [-0.2, 0) is 121 Å². The number of rotatable bonds is 91. The number of ketones is 5.